The van der Waals surface area contributed by atoms with Crippen molar-refractivity contribution in [2.75, 3.05) is 11.9 Å². The van der Waals surface area contributed by atoms with Crippen molar-refractivity contribution in [2.45, 2.75) is 19.0 Å². The van der Waals surface area contributed by atoms with Crippen molar-refractivity contribution in [3.63, 3.8) is 0 Å². The number of carbonyl (C=O) groups is 1. The summed E-state index contributed by atoms with van der Waals surface area (Å²) < 4.78 is 42.5. The fourth-order valence-corrected chi connectivity index (χ4v) is 1.77. The maximum Gasteiger partial charge on any atom is 0.416 e. The molecule has 0 atom stereocenters. The fourth-order valence-electron chi connectivity index (χ4n) is 1.77. The minimum atomic E-state index is -4.45. The number of carbonyl (C=O) groups excluding carboxylic acids is 1. The molecule has 0 fully saturated rings. The Hall–Kier alpha value is -2.51. The zero-order chi connectivity index (χ0) is 16.0. The molecule has 1 heterocycles. The molecule has 5 nitrogen and oxygen atoms in total. The number of rotatable bonds is 5. The third kappa shape index (κ3) is 4.80. The second-order valence-corrected chi connectivity index (χ2v) is 4.50. The Morgan fingerprint density at radius 2 is 2.18 bits per heavy atom. The van der Waals surface area contributed by atoms with Gasteiger partial charge in [-0.1, -0.05) is 6.07 Å². The van der Waals surface area contributed by atoms with Crippen molar-refractivity contribution >= 4 is 11.8 Å². The monoisotopic (exact) mass is 313 g/mol. The van der Waals surface area contributed by atoms with E-state index in [-0.39, 0.29) is 12.3 Å². The van der Waals surface area contributed by atoms with Crippen LogP contribution in [0.15, 0.2) is 36.8 Å². The molecule has 8 heteroatoms. The molecule has 1 aromatic heterocycles. The number of alkyl halides is 3. The smallest absolute Gasteiger partial charge is 0.416 e. The summed E-state index contributed by atoms with van der Waals surface area (Å²) in [6, 6.07) is 4.36. The van der Waals surface area contributed by atoms with Gasteiger partial charge in [0.2, 0.25) is 0 Å². The molecular weight excluding hydrogens is 299 g/mol. The number of anilines is 1. The number of benzene rings is 1. The van der Waals surface area contributed by atoms with Gasteiger partial charge in [-0.2, -0.15) is 13.2 Å². The first kappa shape index (κ1) is 15.9. The molecule has 2 N–H and O–H groups in total. The summed E-state index contributed by atoms with van der Waals surface area (Å²) in [7, 11) is 0. The van der Waals surface area contributed by atoms with Crippen LogP contribution < -0.4 is 5.32 Å². The van der Waals surface area contributed by atoms with Gasteiger partial charge in [0.15, 0.2) is 0 Å². The summed E-state index contributed by atoms with van der Waals surface area (Å²) in [4.78, 5) is 18.3. The van der Waals surface area contributed by atoms with Gasteiger partial charge in [0.25, 0.3) is 0 Å². The standard InChI is InChI=1S/C14H14F3N3O2/c15-14(16,17)10-3-1-4-11(7-10)20-13(21)22-6-2-5-12-8-18-9-19-12/h1,3-4,7-9H,2,5-6H2,(H,18,19)(H,20,21). The third-order valence-electron chi connectivity index (χ3n) is 2.80. The van der Waals surface area contributed by atoms with Crippen LogP contribution in [0, 0.1) is 0 Å². The Bertz CT molecular complexity index is 612. The van der Waals surface area contributed by atoms with E-state index >= 15 is 0 Å². The van der Waals surface area contributed by atoms with Crippen LogP contribution in [0.5, 0.6) is 0 Å². The van der Waals surface area contributed by atoms with Crippen molar-refractivity contribution in [2.24, 2.45) is 0 Å². The number of aromatic nitrogens is 2. The highest BCUT2D eigenvalue weighted by molar-refractivity contribution is 5.84. The van der Waals surface area contributed by atoms with E-state index < -0.39 is 17.8 Å². The summed E-state index contributed by atoms with van der Waals surface area (Å²) in [6.07, 6.45) is -0.743. The van der Waals surface area contributed by atoms with Crippen molar-refractivity contribution < 1.29 is 22.7 Å². The second-order valence-electron chi connectivity index (χ2n) is 4.50. The highest BCUT2D eigenvalue weighted by atomic mass is 19.4. The number of amides is 1. The molecule has 2 rings (SSSR count). The van der Waals surface area contributed by atoms with Gasteiger partial charge in [-0.3, -0.25) is 5.32 Å². The average Bonchev–Trinajstić information content (AvgIpc) is 2.96. The minimum absolute atomic E-state index is 0.0344. The first-order valence-corrected chi connectivity index (χ1v) is 6.54. The van der Waals surface area contributed by atoms with Crippen LogP contribution in [0.25, 0.3) is 0 Å². The Labute approximate surface area is 124 Å². The summed E-state index contributed by atoms with van der Waals surface area (Å²) in [6.45, 7) is 0.150. The summed E-state index contributed by atoms with van der Waals surface area (Å²) in [5, 5.41) is 2.27. The van der Waals surface area contributed by atoms with Gasteiger partial charge in [-0.05, 0) is 31.0 Å². The van der Waals surface area contributed by atoms with E-state index in [0.717, 1.165) is 17.8 Å². The van der Waals surface area contributed by atoms with E-state index in [9.17, 15) is 18.0 Å². The van der Waals surface area contributed by atoms with E-state index in [1.807, 2.05) is 0 Å². The van der Waals surface area contributed by atoms with E-state index in [0.29, 0.717) is 12.8 Å². The van der Waals surface area contributed by atoms with E-state index in [4.69, 9.17) is 4.74 Å². The highest BCUT2D eigenvalue weighted by Crippen LogP contribution is 2.30. The SMILES string of the molecule is O=C(Nc1cccc(C(F)(F)F)c1)OCCCc1c[nH]cn1. The number of halogens is 3. The molecule has 1 aromatic carbocycles. The van der Waals surface area contributed by atoms with Gasteiger partial charge in [0.1, 0.15) is 0 Å². The maximum atomic E-state index is 12.5. The molecule has 0 aliphatic rings. The molecule has 0 bridgehead atoms. The number of H-pyrrole nitrogens is 1. The number of nitrogens with zero attached hydrogens (tertiary/aromatic N) is 1. The molecule has 118 valence electrons. The van der Waals surface area contributed by atoms with Crippen LogP contribution in [-0.4, -0.2) is 22.7 Å². The summed E-state index contributed by atoms with van der Waals surface area (Å²) in [5.74, 6) is 0. The lowest BCUT2D eigenvalue weighted by molar-refractivity contribution is -0.137. The van der Waals surface area contributed by atoms with Crippen molar-refractivity contribution in [1.82, 2.24) is 9.97 Å². The molecule has 22 heavy (non-hydrogen) atoms. The minimum Gasteiger partial charge on any atom is -0.449 e. The molecule has 0 aliphatic carbocycles. The largest absolute Gasteiger partial charge is 0.449 e. The van der Waals surface area contributed by atoms with Crippen LogP contribution >= 0.6 is 0 Å². The number of nitrogens with one attached hydrogen (secondary N) is 2. The highest BCUT2D eigenvalue weighted by Gasteiger charge is 2.30. The fraction of sp³-hybridized carbons (Fsp3) is 0.286. The van der Waals surface area contributed by atoms with Crippen molar-refractivity contribution in [3.05, 3.63) is 48.0 Å². The number of hydrogen-bond donors (Lipinski definition) is 2. The zero-order valence-electron chi connectivity index (χ0n) is 11.5. The number of aromatic amines is 1. The number of ether oxygens (including phenoxy) is 1. The van der Waals surface area contributed by atoms with Crippen LogP contribution in [0.2, 0.25) is 0 Å². The van der Waals surface area contributed by atoms with Gasteiger partial charge in [0.05, 0.1) is 24.2 Å². The van der Waals surface area contributed by atoms with Gasteiger partial charge in [-0.15, -0.1) is 0 Å². The Morgan fingerprint density at radius 1 is 1.36 bits per heavy atom. The molecule has 1 amide bonds. The van der Waals surface area contributed by atoms with Crippen molar-refractivity contribution in [3.8, 4) is 0 Å². The molecular formula is C14H14F3N3O2. The molecule has 0 radical (unpaired) electrons. The van der Waals surface area contributed by atoms with Crippen LogP contribution in [0.3, 0.4) is 0 Å². The number of aryl methyl sites for hydroxylation is 1. The van der Waals surface area contributed by atoms with Crippen LogP contribution in [0.4, 0.5) is 23.7 Å². The Balaban J connectivity index is 1.77. The molecule has 0 saturated heterocycles. The maximum absolute atomic E-state index is 12.5. The van der Waals surface area contributed by atoms with E-state index in [2.05, 4.69) is 15.3 Å². The summed E-state index contributed by atoms with van der Waals surface area (Å²) >= 11 is 0. The normalized spacial score (nSPS) is 11.2. The molecule has 0 unspecified atom stereocenters. The molecule has 0 aliphatic heterocycles. The number of hydrogen-bond acceptors (Lipinski definition) is 3. The Kier molecular flexibility index (Phi) is 5.03. The van der Waals surface area contributed by atoms with Crippen LogP contribution in [-0.2, 0) is 17.3 Å². The van der Waals surface area contributed by atoms with Crippen molar-refractivity contribution in [1.29, 1.82) is 0 Å². The topological polar surface area (TPSA) is 67.0 Å². The van der Waals surface area contributed by atoms with Gasteiger partial charge in [0, 0.05) is 11.9 Å². The predicted molar refractivity (Wildman–Crippen MR) is 73.3 cm³/mol. The lowest BCUT2D eigenvalue weighted by Gasteiger charge is -2.10. The molecule has 0 saturated carbocycles. The molecule has 2 aromatic rings. The molecule has 0 spiro atoms. The summed E-state index contributed by atoms with van der Waals surface area (Å²) in [5.41, 5.74) is 0.0536. The number of imidazole rings is 1. The lowest BCUT2D eigenvalue weighted by Crippen LogP contribution is -2.15. The lowest BCUT2D eigenvalue weighted by atomic mass is 10.2. The van der Waals surface area contributed by atoms with Gasteiger partial charge < -0.3 is 9.72 Å². The van der Waals surface area contributed by atoms with Gasteiger partial charge in [-0.25, -0.2) is 9.78 Å². The predicted octanol–water partition coefficient (Wildman–Crippen LogP) is 3.61. The van der Waals surface area contributed by atoms with Gasteiger partial charge >= 0.3 is 12.3 Å². The van der Waals surface area contributed by atoms with E-state index in [1.54, 1.807) is 12.5 Å². The van der Waals surface area contributed by atoms with Crippen LogP contribution in [0.1, 0.15) is 17.7 Å². The first-order chi connectivity index (χ1) is 10.4. The first-order valence-electron chi connectivity index (χ1n) is 6.54. The third-order valence-corrected chi connectivity index (χ3v) is 2.80. The second kappa shape index (κ2) is 6.97. The zero-order valence-corrected chi connectivity index (χ0v) is 11.5. The average molecular weight is 313 g/mol. The Morgan fingerprint density at radius 3 is 2.86 bits per heavy atom. The van der Waals surface area contributed by atoms with E-state index in [1.165, 1.54) is 12.1 Å². The quantitative estimate of drug-likeness (QED) is 0.829.